The number of nitrogens with zero attached hydrogens (tertiary/aromatic N) is 2. The van der Waals surface area contributed by atoms with Crippen LogP contribution in [0.5, 0.6) is 5.75 Å². The first-order valence-electron chi connectivity index (χ1n) is 10.3. The van der Waals surface area contributed by atoms with Gasteiger partial charge in [-0.3, -0.25) is 0 Å². The van der Waals surface area contributed by atoms with Crippen molar-refractivity contribution in [3.63, 3.8) is 0 Å². The fourth-order valence-corrected chi connectivity index (χ4v) is 4.78. The molecule has 5 nitrogen and oxygen atoms in total. The van der Waals surface area contributed by atoms with Crippen LogP contribution in [0.2, 0.25) is 4.34 Å². The summed E-state index contributed by atoms with van der Waals surface area (Å²) in [6.07, 6.45) is 6.85. The van der Waals surface area contributed by atoms with Crippen LogP contribution in [0.4, 0.5) is 4.79 Å². The maximum Gasteiger partial charge on any atom is 0.409 e. The van der Waals surface area contributed by atoms with E-state index in [-0.39, 0.29) is 12.7 Å². The predicted molar refractivity (Wildman–Crippen MR) is 118 cm³/mol. The highest BCUT2D eigenvalue weighted by molar-refractivity contribution is 7.19. The summed E-state index contributed by atoms with van der Waals surface area (Å²) in [5, 5.41) is 0. The van der Waals surface area contributed by atoms with Crippen LogP contribution in [0.15, 0.2) is 18.2 Å². The number of pyridine rings is 1. The van der Waals surface area contributed by atoms with Crippen LogP contribution >= 0.6 is 22.9 Å². The molecule has 158 valence electrons. The number of halogens is 1. The molecular formula is C22H29ClN2O3S. The Morgan fingerprint density at radius 3 is 2.76 bits per heavy atom. The zero-order chi connectivity index (χ0) is 20.8. The molecule has 1 saturated carbocycles. The number of carbonyl (C=O) groups is 1. The number of carbonyl (C=O) groups excluding carboxylic acids is 1. The minimum atomic E-state index is -0.333. The van der Waals surface area contributed by atoms with Crippen molar-refractivity contribution in [2.45, 2.75) is 65.1 Å². The fraction of sp³-hybridized carbons (Fsp3) is 0.545. The largest absolute Gasteiger partial charge is 0.489 e. The van der Waals surface area contributed by atoms with E-state index in [0.29, 0.717) is 17.0 Å². The summed E-state index contributed by atoms with van der Waals surface area (Å²) < 4.78 is 12.3. The molecule has 7 heteroatoms. The van der Waals surface area contributed by atoms with Gasteiger partial charge < -0.3 is 14.4 Å². The molecule has 1 fully saturated rings. The van der Waals surface area contributed by atoms with Crippen LogP contribution in [0, 0.1) is 6.92 Å². The Hall–Kier alpha value is -1.79. The normalized spacial score (nSPS) is 14.6. The first-order valence-corrected chi connectivity index (χ1v) is 11.5. The lowest BCUT2D eigenvalue weighted by atomic mass is 9.98. The Morgan fingerprint density at radius 1 is 1.31 bits per heavy atom. The summed E-state index contributed by atoms with van der Waals surface area (Å²) in [5.41, 5.74) is 2.55. The standard InChI is InChI=1S/C22H29ClN2O3S/c1-4-12-25(3)22(26)27-14-16-13-20(23)29-21(16)18-10-11-19(15(2)24-18)28-17-8-6-5-7-9-17/h10-11,13,17H,4-9,12,14H2,1-3H3. The van der Waals surface area contributed by atoms with Crippen molar-refractivity contribution in [2.75, 3.05) is 13.6 Å². The van der Waals surface area contributed by atoms with Gasteiger partial charge in [0.05, 0.1) is 26.7 Å². The quantitative estimate of drug-likeness (QED) is 0.499. The van der Waals surface area contributed by atoms with Crippen LogP contribution in [0.25, 0.3) is 10.6 Å². The molecule has 0 N–H and O–H groups in total. The molecule has 0 unspecified atom stereocenters. The van der Waals surface area contributed by atoms with E-state index in [4.69, 9.17) is 26.1 Å². The zero-order valence-electron chi connectivity index (χ0n) is 17.4. The van der Waals surface area contributed by atoms with Crippen molar-refractivity contribution in [1.29, 1.82) is 0 Å². The van der Waals surface area contributed by atoms with E-state index < -0.39 is 0 Å². The second-order valence-corrected chi connectivity index (χ2v) is 9.22. The molecule has 0 aliphatic heterocycles. The van der Waals surface area contributed by atoms with Gasteiger partial charge in [-0.25, -0.2) is 9.78 Å². The van der Waals surface area contributed by atoms with Crippen molar-refractivity contribution in [2.24, 2.45) is 0 Å². The molecule has 2 aromatic heterocycles. The molecule has 0 bridgehead atoms. The van der Waals surface area contributed by atoms with Crippen LogP contribution in [0.1, 0.15) is 56.7 Å². The summed E-state index contributed by atoms with van der Waals surface area (Å²) in [7, 11) is 1.74. The molecule has 0 spiro atoms. The van der Waals surface area contributed by atoms with Crippen LogP contribution < -0.4 is 4.74 Å². The third-order valence-electron chi connectivity index (χ3n) is 5.12. The molecule has 0 radical (unpaired) electrons. The zero-order valence-corrected chi connectivity index (χ0v) is 18.9. The van der Waals surface area contributed by atoms with E-state index in [2.05, 4.69) is 0 Å². The van der Waals surface area contributed by atoms with Crippen molar-refractivity contribution >= 4 is 29.0 Å². The number of aromatic nitrogens is 1. The Morgan fingerprint density at radius 2 is 2.07 bits per heavy atom. The molecule has 0 aromatic carbocycles. The Labute approximate surface area is 182 Å². The maximum atomic E-state index is 12.1. The van der Waals surface area contributed by atoms with Crippen molar-refractivity contribution in [3.8, 4) is 16.3 Å². The Bertz CT molecular complexity index is 833. The van der Waals surface area contributed by atoms with E-state index >= 15 is 0 Å². The lowest BCUT2D eigenvalue weighted by Gasteiger charge is -2.23. The summed E-state index contributed by atoms with van der Waals surface area (Å²) in [5.74, 6) is 0.845. The highest BCUT2D eigenvalue weighted by Gasteiger charge is 2.19. The van der Waals surface area contributed by atoms with E-state index in [1.165, 1.54) is 30.6 Å². The van der Waals surface area contributed by atoms with Gasteiger partial charge in [0.15, 0.2) is 0 Å². The number of hydrogen-bond acceptors (Lipinski definition) is 5. The molecule has 2 aromatic rings. The second-order valence-electron chi connectivity index (χ2n) is 7.54. The third kappa shape index (κ3) is 5.86. The monoisotopic (exact) mass is 436 g/mol. The smallest absolute Gasteiger partial charge is 0.409 e. The van der Waals surface area contributed by atoms with Gasteiger partial charge in [-0.1, -0.05) is 24.9 Å². The van der Waals surface area contributed by atoms with Crippen molar-refractivity contribution in [3.05, 3.63) is 33.8 Å². The lowest BCUT2D eigenvalue weighted by Crippen LogP contribution is -2.27. The number of rotatable bonds is 7. The number of thiophene rings is 1. The highest BCUT2D eigenvalue weighted by Crippen LogP contribution is 2.36. The maximum absolute atomic E-state index is 12.1. The van der Waals surface area contributed by atoms with Gasteiger partial charge in [0.2, 0.25) is 0 Å². The number of hydrogen-bond donors (Lipinski definition) is 0. The minimum Gasteiger partial charge on any atom is -0.489 e. The van der Waals surface area contributed by atoms with Crippen LogP contribution in [-0.4, -0.2) is 35.7 Å². The van der Waals surface area contributed by atoms with Crippen molar-refractivity contribution in [1.82, 2.24) is 9.88 Å². The van der Waals surface area contributed by atoms with E-state index in [1.54, 1.807) is 11.9 Å². The molecule has 0 atom stereocenters. The van der Waals surface area contributed by atoms with Crippen LogP contribution in [0.3, 0.4) is 0 Å². The first-order chi connectivity index (χ1) is 14.0. The molecule has 0 saturated heterocycles. The topological polar surface area (TPSA) is 51.7 Å². The predicted octanol–water partition coefficient (Wildman–Crippen LogP) is 6.46. The highest BCUT2D eigenvalue weighted by atomic mass is 35.5. The minimum absolute atomic E-state index is 0.173. The second kappa shape index (κ2) is 10.3. The van der Waals surface area contributed by atoms with E-state index in [0.717, 1.165) is 46.8 Å². The summed E-state index contributed by atoms with van der Waals surface area (Å²) in [6, 6.07) is 5.80. The van der Waals surface area contributed by atoms with Gasteiger partial charge in [0.1, 0.15) is 12.4 Å². The van der Waals surface area contributed by atoms with E-state index in [9.17, 15) is 4.79 Å². The molecular weight excluding hydrogens is 408 g/mol. The summed E-state index contributed by atoms with van der Waals surface area (Å²) >= 11 is 7.70. The summed E-state index contributed by atoms with van der Waals surface area (Å²) in [6.45, 7) is 4.83. The van der Waals surface area contributed by atoms with Gasteiger partial charge >= 0.3 is 6.09 Å². The molecule has 1 amide bonds. The molecule has 29 heavy (non-hydrogen) atoms. The van der Waals surface area contributed by atoms with E-state index in [1.807, 2.05) is 32.0 Å². The fourth-order valence-electron chi connectivity index (χ4n) is 3.56. The number of aryl methyl sites for hydroxylation is 1. The average molecular weight is 437 g/mol. The molecule has 1 aliphatic rings. The molecule has 2 heterocycles. The van der Waals surface area contributed by atoms with Crippen molar-refractivity contribution < 1.29 is 14.3 Å². The SMILES string of the molecule is CCCN(C)C(=O)OCc1cc(Cl)sc1-c1ccc(OC2CCCCC2)c(C)n1. The summed E-state index contributed by atoms with van der Waals surface area (Å²) in [4.78, 5) is 19.3. The first kappa shape index (κ1) is 21.9. The third-order valence-corrected chi connectivity index (χ3v) is 6.45. The van der Waals surface area contributed by atoms with Gasteiger partial charge in [-0.2, -0.15) is 0 Å². The van der Waals surface area contributed by atoms with Gasteiger partial charge in [0.25, 0.3) is 0 Å². The van der Waals surface area contributed by atoms with Crippen LogP contribution in [-0.2, 0) is 11.3 Å². The van der Waals surface area contributed by atoms with Gasteiger partial charge in [-0.05, 0) is 57.2 Å². The lowest BCUT2D eigenvalue weighted by molar-refractivity contribution is 0.105. The average Bonchev–Trinajstić information content (AvgIpc) is 3.09. The molecule has 1 aliphatic carbocycles. The van der Waals surface area contributed by atoms with Gasteiger partial charge in [-0.15, -0.1) is 11.3 Å². The molecule has 3 rings (SSSR count). The van der Waals surface area contributed by atoms with Gasteiger partial charge in [0, 0.05) is 19.2 Å². The Balaban J connectivity index is 1.71. The number of amides is 1. The number of ether oxygens (including phenoxy) is 2. The Kier molecular flexibility index (Phi) is 7.78.